The quantitative estimate of drug-likeness (QED) is 0.922. The maximum Gasteiger partial charge on any atom is 0.127 e. The minimum Gasteiger partial charge on any atom is -0.497 e. The molecule has 3 rings (SSSR count). The Hall–Kier alpha value is -1.59. The molecule has 5 heteroatoms. The Morgan fingerprint density at radius 2 is 2.10 bits per heavy atom. The third kappa shape index (κ3) is 2.63. The number of hydrogen-bond donors (Lipinski definition) is 1. The highest BCUT2D eigenvalue weighted by molar-refractivity contribution is 7.11. The van der Waals surface area contributed by atoms with Gasteiger partial charge >= 0.3 is 0 Å². The summed E-state index contributed by atoms with van der Waals surface area (Å²) in [5.41, 5.74) is 2.37. The van der Waals surface area contributed by atoms with Crippen molar-refractivity contribution in [2.75, 3.05) is 21.3 Å². The van der Waals surface area contributed by atoms with Gasteiger partial charge < -0.3 is 14.8 Å². The molecular formula is C16H20N2O2S. The van der Waals surface area contributed by atoms with Crippen molar-refractivity contribution in [2.24, 2.45) is 0 Å². The topological polar surface area (TPSA) is 43.4 Å². The zero-order chi connectivity index (χ0) is 14.8. The molecule has 4 nitrogen and oxygen atoms in total. The summed E-state index contributed by atoms with van der Waals surface area (Å²) in [6.45, 7) is 0. The van der Waals surface area contributed by atoms with Crippen molar-refractivity contribution in [3.8, 4) is 11.5 Å². The first-order valence-electron chi connectivity index (χ1n) is 7.14. The van der Waals surface area contributed by atoms with E-state index in [9.17, 15) is 0 Å². The van der Waals surface area contributed by atoms with Crippen LogP contribution in [-0.2, 0) is 12.8 Å². The number of rotatable bonds is 5. The second kappa shape index (κ2) is 6.03. The van der Waals surface area contributed by atoms with Crippen molar-refractivity contribution in [1.29, 1.82) is 0 Å². The number of aromatic nitrogens is 1. The molecule has 0 fully saturated rings. The molecule has 1 heterocycles. The van der Waals surface area contributed by atoms with Crippen molar-refractivity contribution < 1.29 is 9.47 Å². The summed E-state index contributed by atoms with van der Waals surface area (Å²) in [5, 5.41) is 4.48. The average molecular weight is 304 g/mol. The fraction of sp³-hybridized carbons (Fsp3) is 0.438. The van der Waals surface area contributed by atoms with Crippen LogP contribution in [0.3, 0.4) is 0 Å². The van der Waals surface area contributed by atoms with Gasteiger partial charge in [-0.25, -0.2) is 4.98 Å². The van der Waals surface area contributed by atoms with Gasteiger partial charge in [-0.3, -0.25) is 0 Å². The predicted octanol–water partition coefficient (Wildman–Crippen LogP) is 2.96. The smallest absolute Gasteiger partial charge is 0.127 e. The summed E-state index contributed by atoms with van der Waals surface area (Å²) in [4.78, 5) is 6.27. The number of nitrogens with one attached hydrogen (secondary N) is 1. The summed E-state index contributed by atoms with van der Waals surface area (Å²) < 4.78 is 10.8. The van der Waals surface area contributed by atoms with Crippen LogP contribution in [0.2, 0.25) is 0 Å². The lowest BCUT2D eigenvalue weighted by molar-refractivity contribution is 0.388. The van der Waals surface area contributed by atoms with E-state index in [1.165, 1.54) is 23.4 Å². The molecule has 112 valence electrons. The summed E-state index contributed by atoms with van der Waals surface area (Å²) in [6, 6.07) is 5.98. The fourth-order valence-electron chi connectivity index (χ4n) is 2.80. The normalized spacial score (nSPS) is 14.8. The van der Waals surface area contributed by atoms with Crippen LogP contribution in [0, 0.1) is 0 Å². The van der Waals surface area contributed by atoms with E-state index in [4.69, 9.17) is 14.5 Å². The Bertz CT molecular complexity index is 618. The predicted molar refractivity (Wildman–Crippen MR) is 84.6 cm³/mol. The van der Waals surface area contributed by atoms with Crippen LogP contribution in [0.15, 0.2) is 18.2 Å². The molecule has 2 aromatic rings. The molecule has 1 aliphatic carbocycles. The van der Waals surface area contributed by atoms with E-state index in [0.29, 0.717) is 0 Å². The maximum absolute atomic E-state index is 5.53. The molecule has 1 aliphatic rings. The van der Waals surface area contributed by atoms with E-state index in [2.05, 4.69) is 5.32 Å². The molecule has 1 aromatic heterocycles. The van der Waals surface area contributed by atoms with Gasteiger partial charge in [-0.1, -0.05) is 0 Å². The SMILES string of the molecule is CNC(c1nc2c(s1)CCC2)c1ccc(OC)cc1OC. The first-order chi connectivity index (χ1) is 10.3. The Kier molecular flexibility index (Phi) is 4.12. The number of hydrogen-bond acceptors (Lipinski definition) is 5. The molecule has 0 aliphatic heterocycles. The van der Waals surface area contributed by atoms with E-state index in [1.54, 1.807) is 14.2 Å². The highest BCUT2D eigenvalue weighted by Gasteiger charge is 2.24. The van der Waals surface area contributed by atoms with Crippen LogP contribution in [0.1, 0.15) is 33.6 Å². The number of ether oxygens (including phenoxy) is 2. The minimum atomic E-state index is 0.0569. The van der Waals surface area contributed by atoms with E-state index in [0.717, 1.165) is 28.5 Å². The zero-order valence-corrected chi connectivity index (χ0v) is 13.4. The molecule has 0 spiro atoms. The van der Waals surface area contributed by atoms with E-state index >= 15 is 0 Å². The zero-order valence-electron chi connectivity index (χ0n) is 12.6. The van der Waals surface area contributed by atoms with Crippen LogP contribution < -0.4 is 14.8 Å². The highest BCUT2D eigenvalue weighted by Crippen LogP contribution is 2.37. The third-order valence-corrected chi connectivity index (χ3v) is 5.12. The van der Waals surface area contributed by atoms with Crippen molar-refractivity contribution in [2.45, 2.75) is 25.3 Å². The monoisotopic (exact) mass is 304 g/mol. The van der Waals surface area contributed by atoms with Crippen molar-refractivity contribution in [3.63, 3.8) is 0 Å². The van der Waals surface area contributed by atoms with Crippen LogP contribution in [0.4, 0.5) is 0 Å². The lowest BCUT2D eigenvalue weighted by atomic mass is 10.1. The van der Waals surface area contributed by atoms with Gasteiger partial charge in [-0.2, -0.15) is 0 Å². The maximum atomic E-state index is 5.53. The third-order valence-electron chi connectivity index (χ3n) is 3.90. The minimum absolute atomic E-state index is 0.0569. The van der Waals surface area contributed by atoms with Gasteiger partial charge in [0, 0.05) is 16.5 Å². The van der Waals surface area contributed by atoms with Crippen molar-refractivity contribution >= 4 is 11.3 Å². The Morgan fingerprint density at radius 3 is 2.76 bits per heavy atom. The molecule has 0 radical (unpaired) electrons. The summed E-state index contributed by atoms with van der Waals surface area (Å²) in [5.74, 6) is 1.62. The molecule has 0 saturated carbocycles. The van der Waals surface area contributed by atoms with Gasteiger partial charge in [0.15, 0.2) is 0 Å². The summed E-state index contributed by atoms with van der Waals surface area (Å²) in [7, 11) is 5.31. The van der Waals surface area contributed by atoms with Gasteiger partial charge in [-0.05, 0) is 38.4 Å². The molecule has 0 saturated heterocycles. The Labute approximate surface area is 129 Å². The van der Waals surface area contributed by atoms with E-state index < -0.39 is 0 Å². The Balaban J connectivity index is 1.99. The largest absolute Gasteiger partial charge is 0.497 e. The fourth-order valence-corrected chi connectivity index (χ4v) is 4.09. The first kappa shape index (κ1) is 14.4. The highest BCUT2D eigenvalue weighted by atomic mass is 32.1. The summed E-state index contributed by atoms with van der Waals surface area (Å²) in [6.07, 6.45) is 3.52. The molecule has 0 amide bonds. The molecule has 1 atom stereocenters. The lowest BCUT2D eigenvalue weighted by Crippen LogP contribution is -2.18. The van der Waals surface area contributed by atoms with Crippen LogP contribution in [-0.4, -0.2) is 26.3 Å². The first-order valence-corrected chi connectivity index (χ1v) is 7.96. The van der Waals surface area contributed by atoms with Crippen LogP contribution in [0.5, 0.6) is 11.5 Å². The molecule has 0 bridgehead atoms. The van der Waals surface area contributed by atoms with Gasteiger partial charge in [0.1, 0.15) is 16.5 Å². The number of benzene rings is 1. The molecule has 1 N–H and O–H groups in total. The molecule has 1 unspecified atom stereocenters. The molecule has 1 aromatic carbocycles. The number of nitrogens with zero attached hydrogens (tertiary/aromatic N) is 1. The van der Waals surface area contributed by atoms with E-state index in [1.807, 2.05) is 36.6 Å². The second-order valence-corrected chi connectivity index (χ2v) is 6.22. The van der Waals surface area contributed by atoms with Crippen molar-refractivity contribution in [1.82, 2.24) is 10.3 Å². The second-order valence-electron chi connectivity index (χ2n) is 5.11. The molecule has 21 heavy (non-hydrogen) atoms. The van der Waals surface area contributed by atoms with Crippen LogP contribution in [0.25, 0.3) is 0 Å². The number of fused-ring (bicyclic) bond motifs is 1. The van der Waals surface area contributed by atoms with Gasteiger partial charge in [0.25, 0.3) is 0 Å². The van der Waals surface area contributed by atoms with E-state index in [-0.39, 0.29) is 6.04 Å². The van der Waals surface area contributed by atoms with Crippen molar-refractivity contribution in [3.05, 3.63) is 39.3 Å². The van der Waals surface area contributed by atoms with Gasteiger partial charge in [0.05, 0.1) is 26.0 Å². The average Bonchev–Trinajstić information content (AvgIpc) is 3.10. The summed E-state index contributed by atoms with van der Waals surface area (Å²) >= 11 is 1.82. The Morgan fingerprint density at radius 1 is 1.24 bits per heavy atom. The number of thiazole rings is 1. The number of aryl methyl sites for hydroxylation is 2. The molecular weight excluding hydrogens is 284 g/mol. The standard InChI is InChI=1S/C16H20N2O2S/c1-17-15(16-18-12-5-4-6-14(12)21-16)11-8-7-10(19-2)9-13(11)20-3/h7-9,15,17H,4-6H2,1-3H3. The van der Waals surface area contributed by atoms with Gasteiger partial charge in [0.2, 0.25) is 0 Å². The van der Waals surface area contributed by atoms with Crippen LogP contribution >= 0.6 is 11.3 Å². The lowest BCUT2D eigenvalue weighted by Gasteiger charge is -2.18. The van der Waals surface area contributed by atoms with Gasteiger partial charge in [-0.15, -0.1) is 11.3 Å². The number of methoxy groups -OCH3 is 2.